The van der Waals surface area contributed by atoms with E-state index in [1.807, 2.05) is 13.8 Å². The van der Waals surface area contributed by atoms with E-state index in [4.69, 9.17) is 4.74 Å². The highest BCUT2D eigenvalue weighted by Gasteiger charge is 2.64. The number of fused-ring (bicyclic) bond motifs is 4. The van der Waals surface area contributed by atoms with Crippen LogP contribution in [0.25, 0.3) is 0 Å². The van der Waals surface area contributed by atoms with Crippen LogP contribution in [0.15, 0.2) is 12.1 Å². The maximum absolute atomic E-state index is 10.6. The highest BCUT2D eigenvalue weighted by atomic mass is 16.6. The molecule has 0 aromatic heterocycles. The van der Waals surface area contributed by atoms with E-state index in [1.165, 1.54) is 0 Å². The quantitative estimate of drug-likeness (QED) is 0.724. The number of phenolic OH excluding ortho intramolecular Hbond substituents is 1. The van der Waals surface area contributed by atoms with Crippen LogP contribution in [-0.4, -0.2) is 27.7 Å². The minimum atomic E-state index is -1.22. The van der Waals surface area contributed by atoms with Crippen molar-refractivity contribution in [3.05, 3.63) is 23.3 Å². The molecule has 4 heteroatoms. The summed E-state index contributed by atoms with van der Waals surface area (Å²) in [5.74, 6) is -0.382. The van der Waals surface area contributed by atoms with Gasteiger partial charge in [-0.3, -0.25) is 0 Å². The van der Waals surface area contributed by atoms with Crippen LogP contribution in [0.3, 0.4) is 0 Å². The predicted octanol–water partition coefficient (Wildman–Crippen LogP) is 1.83. The second-order valence-electron chi connectivity index (χ2n) is 6.59. The monoisotopic (exact) mass is 264 g/mol. The Morgan fingerprint density at radius 1 is 1.26 bits per heavy atom. The molecule has 0 amide bonds. The van der Waals surface area contributed by atoms with E-state index in [-0.39, 0.29) is 12.4 Å². The fourth-order valence-electron chi connectivity index (χ4n) is 3.75. The van der Waals surface area contributed by atoms with Crippen molar-refractivity contribution in [3.63, 3.8) is 0 Å². The van der Waals surface area contributed by atoms with E-state index in [2.05, 4.69) is 0 Å². The molecule has 1 aromatic rings. The molecule has 1 aliphatic carbocycles. The molecule has 1 heterocycles. The zero-order valence-electron chi connectivity index (χ0n) is 11.5. The lowest BCUT2D eigenvalue weighted by Crippen LogP contribution is -2.42. The SMILES string of the molecule is Cc1cc2c(cc1O)C1(C)CC(O)(CC1(C)CO)O2. The first-order valence-electron chi connectivity index (χ1n) is 6.59. The minimum absolute atomic E-state index is 0.0246. The van der Waals surface area contributed by atoms with Gasteiger partial charge in [-0.25, -0.2) is 0 Å². The van der Waals surface area contributed by atoms with Gasteiger partial charge in [-0.15, -0.1) is 0 Å². The second-order valence-corrected chi connectivity index (χ2v) is 6.59. The Kier molecular flexibility index (Phi) is 2.31. The highest BCUT2D eigenvalue weighted by Crippen LogP contribution is 2.63. The van der Waals surface area contributed by atoms with E-state index in [9.17, 15) is 15.3 Å². The van der Waals surface area contributed by atoms with Crippen molar-refractivity contribution in [2.45, 2.75) is 44.8 Å². The lowest BCUT2D eigenvalue weighted by Gasteiger charge is -2.42. The van der Waals surface area contributed by atoms with E-state index < -0.39 is 16.6 Å². The van der Waals surface area contributed by atoms with Crippen LogP contribution in [0, 0.1) is 12.3 Å². The number of aliphatic hydroxyl groups is 2. The molecular weight excluding hydrogens is 244 g/mol. The first-order valence-corrected chi connectivity index (χ1v) is 6.59. The van der Waals surface area contributed by atoms with Gasteiger partial charge >= 0.3 is 0 Å². The van der Waals surface area contributed by atoms with Crippen LogP contribution >= 0.6 is 0 Å². The Bertz CT molecular complexity index is 555. The van der Waals surface area contributed by atoms with Crippen molar-refractivity contribution >= 4 is 0 Å². The van der Waals surface area contributed by atoms with Gasteiger partial charge in [-0.1, -0.05) is 13.8 Å². The van der Waals surface area contributed by atoms with Crippen molar-refractivity contribution < 1.29 is 20.1 Å². The molecule has 1 fully saturated rings. The molecule has 19 heavy (non-hydrogen) atoms. The third kappa shape index (κ3) is 1.47. The molecule has 4 nitrogen and oxygen atoms in total. The Hall–Kier alpha value is -1.26. The zero-order valence-corrected chi connectivity index (χ0v) is 11.5. The van der Waals surface area contributed by atoms with Gasteiger partial charge in [0, 0.05) is 35.8 Å². The van der Waals surface area contributed by atoms with Gasteiger partial charge in [-0.05, 0) is 24.6 Å². The number of aromatic hydroxyl groups is 1. The largest absolute Gasteiger partial charge is 0.508 e. The molecule has 0 saturated heterocycles. The van der Waals surface area contributed by atoms with Gasteiger partial charge < -0.3 is 20.1 Å². The summed E-state index contributed by atoms with van der Waals surface area (Å²) in [6, 6.07) is 3.47. The Morgan fingerprint density at radius 2 is 1.95 bits per heavy atom. The maximum atomic E-state index is 10.6. The average Bonchev–Trinajstić information content (AvgIpc) is 2.48. The summed E-state index contributed by atoms with van der Waals surface area (Å²) in [6.07, 6.45) is 0.827. The molecule has 3 N–H and O–H groups in total. The number of aryl methyl sites for hydroxylation is 1. The second kappa shape index (κ2) is 3.44. The number of ether oxygens (including phenoxy) is 1. The summed E-state index contributed by atoms with van der Waals surface area (Å²) >= 11 is 0. The van der Waals surface area contributed by atoms with Crippen LogP contribution in [0.1, 0.15) is 37.8 Å². The molecule has 0 spiro atoms. The lowest BCUT2D eigenvalue weighted by molar-refractivity contribution is -0.143. The topological polar surface area (TPSA) is 69.9 Å². The molecule has 3 unspecified atom stereocenters. The standard InChI is InChI=1S/C15H20O4/c1-9-4-12-10(5-11(9)17)14(3)7-15(18,19-12)6-13(14,2)8-16/h4-5,16-18H,6-8H2,1-3H3. The number of rotatable bonds is 1. The zero-order chi connectivity index (χ0) is 14.1. The maximum Gasteiger partial charge on any atom is 0.209 e. The van der Waals surface area contributed by atoms with Crippen LogP contribution in [0.5, 0.6) is 11.5 Å². The first-order chi connectivity index (χ1) is 8.73. The summed E-state index contributed by atoms with van der Waals surface area (Å²) in [6.45, 7) is 5.76. The number of aliphatic hydroxyl groups excluding tert-OH is 1. The van der Waals surface area contributed by atoms with E-state index in [0.29, 0.717) is 18.6 Å². The van der Waals surface area contributed by atoms with Crippen molar-refractivity contribution in [1.82, 2.24) is 0 Å². The van der Waals surface area contributed by atoms with Crippen LogP contribution in [-0.2, 0) is 5.41 Å². The van der Waals surface area contributed by atoms with Gasteiger partial charge in [0.1, 0.15) is 11.5 Å². The molecule has 1 aromatic carbocycles. The fourth-order valence-corrected chi connectivity index (χ4v) is 3.75. The molecule has 2 bridgehead atoms. The first kappa shape index (κ1) is 12.8. The van der Waals surface area contributed by atoms with E-state index in [1.54, 1.807) is 19.1 Å². The summed E-state index contributed by atoms with van der Waals surface area (Å²) < 4.78 is 5.74. The lowest BCUT2D eigenvalue weighted by atomic mass is 9.64. The van der Waals surface area contributed by atoms with Gasteiger partial charge in [0.15, 0.2) is 0 Å². The summed E-state index contributed by atoms with van der Waals surface area (Å²) in [5.41, 5.74) is 0.719. The van der Waals surface area contributed by atoms with Crippen LogP contribution < -0.4 is 4.74 Å². The van der Waals surface area contributed by atoms with Crippen molar-refractivity contribution in [1.29, 1.82) is 0 Å². The molecule has 1 saturated carbocycles. The number of hydrogen-bond acceptors (Lipinski definition) is 4. The van der Waals surface area contributed by atoms with Gasteiger partial charge in [0.05, 0.1) is 0 Å². The van der Waals surface area contributed by atoms with E-state index >= 15 is 0 Å². The number of hydrogen-bond donors (Lipinski definition) is 3. The molecule has 104 valence electrons. The molecule has 0 radical (unpaired) electrons. The normalized spacial score (nSPS) is 39.8. The minimum Gasteiger partial charge on any atom is -0.508 e. The molecule has 3 rings (SSSR count). The smallest absolute Gasteiger partial charge is 0.209 e. The molecule has 1 aliphatic heterocycles. The third-order valence-corrected chi connectivity index (χ3v) is 5.17. The van der Waals surface area contributed by atoms with Crippen molar-refractivity contribution in [3.8, 4) is 11.5 Å². The number of phenols is 1. The molecular formula is C15H20O4. The Morgan fingerprint density at radius 3 is 2.58 bits per heavy atom. The van der Waals surface area contributed by atoms with Crippen molar-refractivity contribution in [2.24, 2.45) is 5.41 Å². The Labute approximate surface area is 112 Å². The van der Waals surface area contributed by atoms with Crippen LogP contribution in [0.2, 0.25) is 0 Å². The van der Waals surface area contributed by atoms with Crippen LogP contribution in [0.4, 0.5) is 0 Å². The highest BCUT2D eigenvalue weighted by molar-refractivity contribution is 5.52. The van der Waals surface area contributed by atoms with Gasteiger partial charge in [-0.2, -0.15) is 0 Å². The number of benzene rings is 1. The fraction of sp³-hybridized carbons (Fsp3) is 0.600. The van der Waals surface area contributed by atoms with Gasteiger partial charge in [0.2, 0.25) is 5.79 Å². The van der Waals surface area contributed by atoms with E-state index in [0.717, 1.165) is 11.1 Å². The van der Waals surface area contributed by atoms with Crippen molar-refractivity contribution in [2.75, 3.05) is 6.61 Å². The summed E-state index contributed by atoms with van der Waals surface area (Å²) in [7, 11) is 0. The summed E-state index contributed by atoms with van der Waals surface area (Å²) in [4.78, 5) is 0. The molecule has 3 atom stereocenters. The third-order valence-electron chi connectivity index (χ3n) is 5.17. The average molecular weight is 264 g/mol. The van der Waals surface area contributed by atoms with Gasteiger partial charge in [0.25, 0.3) is 0 Å². The molecule has 2 aliphatic rings. The summed E-state index contributed by atoms with van der Waals surface area (Å²) in [5, 5.41) is 30.3. The predicted molar refractivity (Wildman–Crippen MR) is 70.2 cm³/mol. The Balaban J connectivity index is 2.26.